The molecule has 1 saturated heterocycles. The minimum Gasteiger partial charge on any atom is -0.353 e. The van der Waals surface area contributed by atoms with E-state index in [2.05, 4.69) is 5.32 Å². The van der Waals surface area contributed by atoms with Gasteiger partial charge in [0.15, 0.2) is 0 Å². The molecule has 3 N–H and O–H groups in total. The molecule has 0 aromatic heterocycles. The molecule has 3 rings (SSSR count). The number of nitrogens with two attached hydrogens (primary N) is 1. The van der Waals surface area contributed by atoms with E-state index in [-0.39, 0.29) is 36.3 Å². The molecule has 2 aliphatic carbocycles. The summed E-state index contributed by atoms with van der Waals surface area (Å²) in [5, 5.41) is 3.21. The Labute approximate surface area is 157 Å². The number of halogens is 1. The van der Waals surface area contributed by atoms with Gasteiger partial charge in [0, 0.05) is 37.5 Å². The lowest BCUT2D eigenvalue weighted by molar-refractivity contribution is -0.137. The van der Waals surface area contributed by atoms with E-state index in [1.807, 2.05) is 4.90 Å². The second kappa shape index (κ2) is 9.77. The Hall–Kier alpha value is -0.810. The smallest absolute Gasteiger partial charge is 0.225 e. The van der Waals surface area contributed by atoms with Gasteiger partial charge in [0.05, 0.1) is 0 Å². The molecule has 2 saturated carbocycles. The number of carbonyl (C=O) groups excluding carboxylic acids is 2. The van der Waals surface area contributed by atoms with E-state index >= 15 is 0 Å². The topological polar surface area (TPSA) is 75.4 Å². The standard InChI is InChI=1S/C19H33N3O2.ClH/c20-13-17-6-3-11-22(17)19(24)15-7-9-16(10-8-15)21-18(23)12-14-4-1-2-5-14;/h14-17H,1-13,20H2,(H,21,23);1H. The zero-order valence-electron chi connectivity index (χ0n) is 15.3. The van der Waals surface area contributed by atoms with E-state index < -0.39 is 0 Å². The van der Waals surface area contributed by atoms with Gasteiger partial charge in [0.2, 0.25) is 11.8 Å². The second-order valence-electron chi connectivity index (χ2n) is 8.03. The quantitative estimate of drug-likeness (QED) is 0.779. The Bertz CT molecular complexity index is 446. The zero-order valence-corrected chi connectivity index (χ0v) is 16.1. The average Bonchev–Trinajstić information content (AvgIpc) is 3.25. The summed E-state index contributed by atoms with van der Waals surface area (Å²) in [5.74, 6) is 1.27. The maximum absolute atomic E-state index is 12.7. The van der Waals surface area contributed by atoms with Gasteiger partial charge in [-0.3, -0.25) is 9.59 Å². The SMILES string of the molecule is Cl.NCC1CCCN1C(=O)C1CCC(NC(=O)CC2CCCC2)CC1. The maximum atomic E-state index is 12.7. The summed E-state index contributed by atoms with van der Waals surface area (Å²) >= 11 is 0. The van der Waals surface area contributed by atoms with Crippen molar-refractivity contribution in [3.8, 4) is 0 Å². The summed E-state index contributed by atoms with van der Waals surface area (Å²) in [4.78, 5) is 26.9. The molecule has 0 radical (unpaired) electrons. The number of likely N-dealkylation sites (tertiary alicyclic amines) is 1. The summed E-state index contributed by atoms with van der Waals surface area (Å²) in [6.07, 6.45) is 11.5. The number of nitrogens with one attached hydrogen (secondary N) is 1. The average molecular weight is 372 g/mol. The first-order valence-electron chi connectivity index (χ1n) is 9.97. The summed E-state index contributed by atoms with van der Waals surface area (Å²) in [7, 11) is 0. The van der Waals surface area contributed by atoms with Crippen LogP contribution in [-0.4, -0.2) is 41.9 Å². The van der Waals surface area contributed by atoms with Crippen molar-refractivity contribution in [2.24, 2.45) is 17.6 Å². The lowest BCUT2D eigenvalue weighted by Crippen LogP contribution is -2.45. The monoisotopic (exact) mass is 371 g/mol. The third kappa shape index (κ3) is 5.33. The molecule has 144 valence electrons. The van der Waals surface area contributed by atoms with Crippen molar-refractivity contribution in [2.45, 2.75) is 82.7 Å². The van der Waals surface area contributed by atoms with Gasteiger partial charge in [-0.15, -0.1) is 12.4 Å². The second-order valence-corrected chi connectivity index (χ2v) is 8.03. The minimum absolute atomic E-state index is 0. The molecule has 0 bridgehead atoms. The largest absolute Gasteiger partial charge is 0.353 e. The predicted molar refractivity (Wildman–Crippen MR) is 102 cm³/mol. The third-order valence-corrected chi connectivity index (χ3v) is 6.32. The van der Waals surface area contributed by atoms with Gasteiger partial charge in [0.25, 0.3) is 0 Å². The van der Waals surface area contributed by atoms with Crippen molar-refractivity contribution in [3.63, 3.8) is 0 Å². The maximum Gasteiger partial charge on any atom is 0.225 e. The Morgan fingerprint density at radius 3 is 2.28 bits per heavy atom. The van der Waals surface area contributed by atoms with E-state index in [4.69, 9.17) is 5.73 Å². The fourth-order valence-corrected chi connectivity index (χ4v) is 4.85. The van der Waals surface area contributed by atoms with Crippen molar-refractivity contribution in [1.29, 1.82) is 0 Å². The van der Waals surface area contributed by atoms with Crippen LogP contribution in [0.25, 0.3) is 0 Å². The molecule has 1 aliphatic heterocycles. The van der Waals surface area contributed by atoms with E-state index in [1.165, 1.54) is 25.7 Å². The molecular weight excluding hydrogens is 338 g/mol. The van der Waals surface area contributed by atoms with E-state index in [9.17, 15) is 9.59 Å². The molecule has 5 nitrogen and oxygen atoms in total. The summed E-state index contributed by atoms with van der Waals surface area (Å²) in [5.41, 5.74) is 5.79. The molecular formula is C19H34ClN3O2. The third-order valence-electron chi connectivity index (χ3n) is 6.32. The van der Waals surface area contributed by atoms with Gasteiger partial charge in [-0.25, -0.2) is 0 Å². The van der Waals surface area contributed by atoms with Gasteiger partial charge < -0.3 is 16.0 Å². The molecule has 1 atom stereocenters. The van der Waals surface area contributed by atoms with Crippen LogP contribution in [0.5, 0.6) is 0 Å². The molecule has 2 amide bonds. The molecule has 1 heterocycles. The molecule has 0 spiro atoms. The van der Waals surface area contributed by atoms with E-state index in [0.29, 0.717) is 24.8 Å². The lowest BCUT2D eigenvalue weighted by Gasteiger charge is -2.33. The van der Waals surface area contributed by atoms with Crippen LogP contribution in [0.2, 0.25) is 0 Å². The zero-order chi connectivity index (χ0) is 16.9. The molecule has 0 aromatic carbocycles. The van der Waals surface area contributed by atoms with Gasteiger partial charge in [-0.2, -0.15) is 0 Å². The molecule has 6 heteroatoms. The summed E-state index contributed by atoms with van der Waals surface area (Å²) < 4.78 is 0. The highest BCUT2D eigenvalue weighted by Crippen LogP contribution is 2.30. The van der Waals surface area contributed by atoms with Gasteiger partial charge in [-0.1, -0.05) is 12.8 Å². The number of amides is 2. The molecule has 0 aromatic rings. The Morgan fingerprint density at radius 1 is 0.960 bits per heavy atom. The molecule has 25 heavy (non-hydrogen) atoms. The van der Waals surface area contributed by atoms with Crippen molar-refractivity contribution in [3.05, 3.63) is 0 Å². The van der Waals surface area contributed by atoms with Gasteiger partial charge >= 0.3 is 0 Å². The highest BCUT2D eigenvalue weighted by Gasteiger charge is 2.34. The normalized spacial score (nSPS) is 30.1. The fraction of sp³-hybridized carbons (Fsp3) is 0.895. The Morgan fingerprint density at radius 2 is 1.64 bits per heavy atom. The van der Waals surface area contributed by atoms with Crippen LogP contribution in [0.3, 0.4) is 0 Å². The number of carbonyl (C=O) groups is 2. The number of hydrogen-bond donors (Lipinski definition) is 2. The van der Waals surface area contributed by atoms with Gasteiger partial charge in [0.1, 0.15) is 0 Å². The van der Waals surface area contributed by atoms with E-state index in [0.717, 1.165) is 45.1 Å². The predicted octanol–water partition coefficient (Wildman–Crippen LogP) is 2.61. The van der Waals surface area contributed by atoms with Crippen LogP contribution in [0.15, 0.2) is 0 Å². The fourth-order valence-electron chi connectivity index (χ4n) is 4.85. The number of hydrogen-bond acceptors (Lipinski definition) is 3. The van der Waals surface area contributed by atoms with Gasteiger partial charge in [-0.05, 0) is 57.3 Å². The lowest BCUT2D eigenvalue weighted by atomic mass is 9.85. The van der Waals surface area contributed by atoms with Crippen LogP contribution in [0, 0.1) is 11.8 Å². The highest BCUT2D eigenvalue weighted by molar-refractivity contribution is 5.85. The summed E-state index contributed by atoms with van der Waals surface area (Å²) in [6, 6.07) is 0.521. The number of rotatable bonds is 5. The summed E-state index contributed by atoms with van der Waals surface area (Å²) in [6.45, 7) is 1.46. The molecule has 3 aliphatic rings. The van der Waals surface area contributed by atoms with Crippen LogP contribution in [-0.2, 0) is 9.59 Å². The van der Waals surface area contributed by atoms with Crippen LogP contribution >= 0.6 is 12.4 Å². The first-order valence-corrected chi connectivity index (χ1v) is 9.97. The Kier molecular flexibility index (Phi) is 8.01. The van der Waals surface area contributed by atoms with Crippen molar-refractivity contribution in [2.75, 3.05) is 13.1 Å². The number of nitrogens with zero attached hydrogens (tertiary/aromatic N) is 1. The first-order chi connectivity index (χ1) is 11.7. The molecule has 1 unspecified atom stereocenters. The van der Waals surface area contributed by atoms with Crippen LogP contribution < -0.4 is 11.1 Å². The van der Waals surface area contributed by atoms with Crippen molar-refractivity contribution < 1.29 is 9.59 Å². The molecule has 3 fully saturated rings. The minimum atomic E-state index is 0. The van der Waals surface area contributed by atoms with E-state index in [1.54, 1.807) is 0 Å². The first kappa shape index (κ1) is 20.5. The van der Waals surface area contributed by atoms with Crippen molar-refractivity contribution >= 4 is 24.2 Å². The van der Waals surface area contributed by atoms with Crippen molar-refractivity contribution in [1.82, 2.24) is 10.2 Å². The highest BCUT2D eigenvalue weighted by atomic mass is 35.5. The van der Waals surface area contributed by atoms with Crippen LogP contribution in [0.1, 0.15) is 70.6 Å². The van der Waals surface area contributed by atoms with Crippen LogP contribution in [0.4, 0.5) is 0 Å². The Balaban J connectivity index is 0.00000225.